The van der Waals surface area contributed by atoms with Crippen molar-refractivity contribution >= 4 is 0 Å². The van der Waals surface area contributed by atoms with Crippen LogP contribution < -0.4 is 5.32 Å². The Morgan fingerprint density at radius 1 is 1.33 bits per heavy atom. The van der Waals surface area contributed by atoms with Gasteiger partial charge in [0.15, 0.2) is 0 Å². The van der Waals surface area contributed by atoms with Crippen molar-refractivity contribution in [3.63, 3.8) is 0 Å². The average Bonchev–Trinajstić information content (AvgIpc) is 2.71. The van der Waals surface area contributed by atoms with Crippen molar-refractivity contribution in [2.24, 2.45) is 0 Å². The Kier molecular flexibility index (Phi) is 3.33. The summed E-state index contributed by atoms with van der Waals surface area (Å²) in [5.41, 5.74) is -0.0210. The largest absolute Gasteiger partial charge is 0.375 e. The van der Waals surface area contributed by atoms with Crippen LogP contribution in [-0.2, 0) is 9.47 Å². The van der Waals surface area contributed by atoms with Crippen LogP contribution >= 0.6 is 0 Å². The van der Waals surface area contributed by atoms with Crippen LogP contribution in [0.1, 0.15) is 40.0 Å². The van der Waals surface area contributed by atoms with E-state index in [-0.39, 0.29) is 5.60 Å². The summed E-state index contributed by atoms with van der Waals surface area (Å²) in [7, 11) is 0. The molecule has 0 aromatic rings. The summed E-state index contributed by atoms with van der Waals surface area (Å²) in [5.74, 6) is 0. The molecule has 2 bridgehead atoms. The van der Waals surface area contributed by atoms with E-state index in [0.29, 0.717) is 18.2 Å². The van der Waals surface area contributed by atoms with Crippen molar-refractivity contribution in [1.29, 1.82) is 0 Å². The zero-order valence-corrected chi connectivity index (χ0v) is 10.1. The average molecular weight is 213 g/mol. The maximum absolute atomic E-state index is 5.78. The molecule has 1 N–H and O–H groups in total. The summed E-state index contributed by atoms with van der Waals surface area (Å²) in [5, 5.41) is 3.54. The summed E-state index contributed by atoms with van der Waals surface area (Å²) in [4.78, 5) is 0. The maximum atomic E-state index is 5.78. The second-order valence-electron chi connectivity index (χ2n) is 5.63. The van der Waals surface area contributed by atoms with Gasteiger partial charge in [-0.25, -0.2) is 0 Å². The van der Waals surface area contributed by atoms with Gasteiger partial charge >= 0.3 is 0 Å². The first-order valence-electron chi connectivity index (χ1n) is 6.07. The van der Waals surface area contributed by atoms with Crippen molar-refractivity contribution in [2.45, 2.75) is 63.9 Å². The van der Waals surface area contributed by atoms with E-state index >= 15 is 0 Å². The van der Waals surface area contributed by atoms with Crippen molar-refractivity contribution in [1.82, 2.24) is 5.32 Å². The monoisotopic (exact) mass is 213 g/mol. The van der Waals surface area contributed by atoms with Gasteiger partial charge in [0.1, 0.15) is 0 Å². The highest BCUT2D eigenvalue weighted by molar-refractivity contribution is 4.93. The predicted octanol–water partition coefficient (Wildman–Crippen LogP) is 1.71. The Morgan fingerprint density at radius 3 is 2.67 bits per heavy atom. The third-order valence-electron chi connectivity index (χ3n) is 3.15. The highest BCUT2D eigenvalue weighted by Crippen LogP contribution is 2.34. The molecule has 0 aromatic heterocycles. The van der Waals surface area contributed by atoms with Gasteiger partial charge in [-0.15, -0.1) is 0 Å². The molecule has 2 saturated heterocycles. The van der Waals surface area contributed by atoms with Crippen LogP contribution in [0.25, 0.3) is 0 Å². The second-order valence-corrected chi connectivity index (χ2v) is 5.63. The maximum Gasteiger partial charge on any atom is 0.0733 e. The van der Waals surface area contributed by atoms with E-state index in [9.17, 15) is 0 Å². The number of nitrogens with one attached hydrogen (secondary N) is 1. The Balaban J connectivity index is 1.59. The smallest absolute Gasteiger partial charge is 0.0733 e. The standard InChI is InChI=1S/C12H23NO2/c1-12(2,3)14-7-6-13-10-8-9-4-5-11(10)15-9/h9-11,13H,4-8H2,1-3H3. The molecule has 0 amide bonds. The minimum absolute atomic E-state index is 0.0210. The number of rotatable bonds is 4. The van der Waals surface area contributed by atoms with Crippen molar-refractivity contribution < 1.29 is 9.47 Å². The lowest BCUT2D eigenvalue weighted by Gasteiger charge is -2.23. The molecule has 88 valence electrons. The molecule has 3 unspecified atom stereocenters. The number of hydrogen-bond donors (Lipinski definition) is 1. The van der Waals surface area contributed by atoms with Crippen molar-refractivity contribution in [2.75, 3.05) is 13.2 Å². The molecule has 2 heterocycles. The highest BCUT2D eigenvalue weighted by Gasteiger charge is 2.40. The minimum Gasteiger partial charge on any atom is -0.375 e. The normalized spacial score (nSPS) is 35.0. The molecular weight excluding hydrogens is 190 g/mol. The zero-order chi connectivity index (χ0) is 10.9. The molecular formula is C12H23NO2. The van der Waals surface area contributed by atoms with Gasteiger partial charge in [0.05, 0.1) is 24.4 Å². The summed E-state index contributed by atoms with van der Waals surface area (Å²) in [6.07, 6.45) is 4.71. The third-order valence-corrected chi connectivity index (χ3v) is 3.15. The zero-order valence-electron chi connectivity index (χ0n) is 10.1. The van der Waals surface area contributed by atoms with Crippen LogP contribution in [0.2, 0.25) is 0 Å². The molecule has 2 rings (SSSR count). The lowest BCUT2D eigenvalue weighted by Crippen LogP contribution is -2.40. The van der Waals surface area contributed by atoms with Gasteiger partial charge < -0.3 is 14.8 Å². The van der Waals surface area contributed by atoms with Crippen LogP contribution in [0.4, 0.5) is 0 Å². The van der Waals surface area contributed by atoms with E-state index in [0.717, 1.165) is 13.2 Å². The van der Waals surface area contributed by atoms with Gasteiger partial charge in [0.25, 0.3) is 0 Å². The molecule has 2 aliphatic heterocycles. The van der Waals surface area contributed by atoms with E-state index in [1.807, 2.05) is 0 Å². The molecule has 0 aliphatic carbocycles. The summed E-state index contributed by atoms with van der Waals surface area (Å²) < 4.78 is 11.4. The van der Waals surface area contributed by atoms with Gasteiger partial charge in [-0.05, 0) is 40.0 Å². The SMILES string of the molecule is CC(C)(C)OCCNC1CC2CCC1O2. The van der Waals surface area contributed by atoms with Gasteiger partial charge in [-0.1, -0.05) is 0 Å². The van der Waals surface area contributed by atoms with Crippen molar-refractivity contribution in [3.8, 4) is 0 Å². The summed E-state index contributed by atoms with van der Waals surface area (Å²) in [6.45, 7) is 8.00. The first-order valence-corrected chi connectivity index (χ1v) is 6.07. The first kappa shape index (κ1) is 11.4. The molecule has 2 fully saturated rings. The molecule has 2 aliphatic rings. The van der Waals surface area contributed by atoms with E-state index in [4.69, 9.17) is 9.47 Å². The summed E-state index contributed by atoms with van der Waals surface area (Å²) in [6, 6.07) is 0.576. The van der Waals surface area contributed by atoms with Crippen LogP contribution in [-0.4, -0.2) is 37.0 Å². The Bertz CT molecular complexity index is 212. The molecule has 3 nitrogen and oxygen atoms in total. The molecule has 0 aromatic carbocycles. The number of ether oxygens (including phenoxy) is 2. The molecule has 3 atom stereocenters. The Hall–Kier alpha value is -0.120. The highest BCUT2D eigenvalue weighted by atomic mass is 16.5. The van der Waals surface area contributed by atoms with Gasteiger partial charge in [-0.3, -0.25) is 0 Å². The van der Waals surface area contributed by atoms with Crippen molar-refractivity contribution in [3.05, 3.63) is 0 Å². The quantitative estimate of drug-likeness (QED) is 0.721. The van der Waals surface area contributed by atoms with Gasteiger partial charge in [-0.2, -0.15) is 0 Å². The summed E-state index contributed by atoms with van der Waals surface area (Å²) >= 11 is 0. The Morgan fingerprint density at radius 2 is 2.13 bits per heavy atom. The van der Waals surface area contributed by atoms with E-state index in [1.165, 1.54) is 19.3 Å². The second kappa shape index (κ2) is 4.40. The predicted molar refractivity (Wildman–Crippen MR) is 60.0 cm³/mol. The first-order chi connectivity index (χ1) is 7.04. The lowest BCUT2D eigenvalue weighted by molar-refractivity contribution is -0.00241. The van der Waals surface area contributed by atoms with Crippen LogP contribution in [0.3, 0.4) is 0 Å². The number of hydrogen-bond acceptors (Lipinski definition) is 3. The van der Waals surface area contributed by atoms with Crippen LogP contribution in [0.15, 0.2) is 0 Å². The van der Waals surface area contributed by atoms with Crippen LogP contribution in [0, 0.1) is 0 Å². The minimum atomic E-state index is -0.0210. The third kappa shape index (κ3) is 3.16. The number of fused-ring (bicyclic) bond motifs is 2. The molecule has 15 heavy (non-hydrogen) atoms. The fourth-order valence-electron chi connectivity index (χ4n) is 2.45. The lowest BCUT2D eigenvalue weighted by atomic mass is 9.95. The van der Waals surface area contributed by atoms with E-state index in [2.05, 4.69) is 26.1 Å². The molecule has 0 radical (unpaired) electrons. The van der Waals surface area contributed by atoms with Crippen LogP contribution in [0.5, 0.6) is 0 Å². The topological polar surface area (TPSA) is 30.5 Å². The molecule has 3 heteroatoms. The Labute approximate surface area is 92.5 Å². The molecule has 0 spiro atoms. The van der Waals surface area contributed by atoms with E-state index < -0.39 is 0 Å². The van der Waals surface area contributed by atoms with Gasteiger partial charge in [0, 0.05) is 12.6 Å². The fraction of sp³-hybridized carbons (Fsp3) is 1.00. The fourth-order valence-corrected chi connectivity index (χ4v) is 2.45. The van der Waals surface area contributed by atoms with E-state index in [1.54, 1.807) is 0 Å². The van der Waals surface area contributed by atoms with Gasteiger partial charge in [0.2, 0.25) is 0 Å². The molecule has 0 saturated carbocycles.